The third kappa shape index (κ3) is 4.20. The van der Waals surface area contributed by atoms with Gasteiger partial charge in [0.25, 0.3) is 0 Å². The Balaban J connectivity index is 1.73. The van der Waals surface area contributed by atoms with Crippen LogP contribution in [0.25, 0.3) is 5.57 Å². The number of nitrogens with zero attached hydrogens (tertiary/aromatic N) is 2. The molecule has 27 heavy (non-hydrogen) atoms. The second-order valence-electron chi connectivity index (χ2n) is 6.81. The van der Waals surface area contributed by atoms with Gasteiger partial charge in [0.05, 0.1) is 7.11 Å². The Bertz CT molecular complexity index is 766. The first-order valence-electron chi connectivity index (χ1n) is 9.21. The highest BCUT2D eigenvalue weighted by Crippen LogP contribution is 2.30. The first kappa shape index (κ1) is 19.1. The van der Waals surface area contributed by atoms with Gasteiger partial charge in [0, 0.05) is 18.7 Å². The van der Waals surface area contributed by atoms with Gasteiger partial charge in [-0.1, -0.05) is 6.08 Å². The number of methoxy groups -OCH3 is 1. The van der Waals surface area contributed by atoms with Crippen molar-refractivity contribution in [2.75, 3.05) is 13.7 Å². The van der Waals surface area contributed by atoms with E-state index in [-0.39, 0.29) is 12.4 Å². The third-order valence-electron chi connectivity index (χ3n) is 5.06. The molecule has 2 heterocycles. The van der Waals surface area contributed by atoms with Crippen molar-refractivity contribution < 1.29 is 23.8 Å². The van der Waals surface area contributed by atoms with Crippen LogP contribution in [0.2, 0.25) is 0 Å². The van der Waals surface area contributed by atoms with E-state index in [4.69, 9.17) is 9.84 Å². The standard InChI is InChI=1S/C19H24FN3O4/c1-27-18-13(10-14(20)16(22-18)12-6-3-2-4-7-12)11-21-17(24)15-8-5-9-23(15)19(25)26/h6,10,15H,2-5,7-9,11H2,1H3,(H,21,24)(H,25,26). The molecular formula is C19H24FN3O4. The number of carboxylic acid groups (broad SMARTS) is 1. The number of hydrogen-bond acceptors (Lipinski definition) is 4. The SMILES string of the molecule is COc1nc(C2=CCCCC2)c(F)cc1CNC(=O)C1CCCN1C(=O)O. The molecule has 1 aliphatic carbocycles. The molecule has 0 aromatic carbocycles. The fourth-order valence-corrected chi connectivity index (χ4v) is 3.66. The van der Waals surface area contributed by atoms with E-state index in [0.29, 0.717) is 30.6 Å². The lowest BCUT2D eigenvalue weighted by Gasteiger charge is -2.21. The predicted octanol–water partition coefficient (Wildman–Crippen LogP) is 2.95. The maximum Gasteiger partial charge on any atom is 0.407 e. The average molecular weight is 377 g/mol. The Morgan fingerprint density at radius 2 is 2.22 bits per heavy atom. The number of likely N-dealkylation sites (tertiary alicyclic amines) is 1. The van der Waals surface area contributed by atoms with Gasteiger partial charge in [-0.3, -0.25) is 9.69 Å². The number of hydrogen-bond donors (Lipinski definition) is 2. The third-order valence-corrected chi connectivity index (χ3v) is 5.06. The monoisotopic (exact) mass is 377 g/mol. The zero-order valence-electron chi connectivity index (χ0n) is 15.3. The van der Waals surface area contributed by atoms with E-state index < -0.39 is 23.9 Å². The Hall–Kier alpha value is -2.64. The van der Waals surface area contributed by atoms with Gasteiger partial charge in [-0.05, 0) is 50.2 Å². The van der Waals surface area contributed by atoms with Crippen LogP contribution in [0.4, 0.5) is 9.18 Å². The van der Waals surface area contributed by atoms with Gasteiger partial charge < -0.3 is 15.2 Å². The lowest BCUT2D eigenvalue weighted by molar-refractivity contribution is -0.125. The Morgan fingerprint density at radius 1 is 1.41 bits per heavy atom. The van der Waals surface area contributed by atoms with Gasteiger partial charge in [0.2, 0.25) is 11.8 Å². The summed E-state index contributed by atoms with van der Waals surface area (Å²) in [5.74, 6) is -0.572. The van der Waals surface area contributed by atoms with E-state index >= 15 is 0 Å². The lowest BCUT2D eigenvalue weighted by atomic mass is 9.96. The molecule has 1 aromatic rings. The van der Waals surface area contributed by atoms with Gasteiger partial charge in [0.1, 0.15) is 17.6 Å². The summed E-state index contributed by atoms with van der Waals surface area (Å²) in [4.78, 5) is 29.0. The average Bonchev–Trinajstić information content (AvgIpc) is 3.17. The number of carbonyl (C=O) groups is 2. The van der Waals surface area contributed by atoms with Gasteiger partial charge in [-0.25, -0.2) is 14.2 Å². The number of aromatic nitrogens is 1. The zero-order chi connectivity index (χ0) is 19.4. The number of amides is 2. The maximum atomic E-state index is 14.6. The molecule has 2 amide bonds. The second kappa shape index (κ2) is 8.37. The fourth-order valence-electron chi connectivity index (χ4n) is 3.66. The number of allylic oxidation sites excluding steroid dienone is 2. The number of ether oxygens (including phenoxy) is 1. The fraction of sp³-hybridized carbons (Fsp3) is 0.526. The molecule has 0 radical (unpaired) electrons. The number of carbonyl (C=O) groups excluding carboxylic acids is 1. The van der Waals surface area contributed by atoms with Crippen molar-refractivity contribution in [3.05, 3.63) is 29.2 Å². The van der Waals surface area contributed by atoms with Crippen molar-refractivity contribution in [1.82, 2.24) is 15.2 Å². The molecule has 2 aliphatic rings. The summed E-state index contributed by atoms with van der Waals surface area (Å²) in [6.07, 6.45) is 5.84. The van der Waals surface area contributed by atoms with Gasteiger partial charge in [-0.15, -0.1) is 0 Å². The molecule has 1 aromatic heterocycles. The summed E-state index contributed by atoms with van der Waals surface area (Å²) in [7, 11) is 1.45. The van der Waals surface area contributed by atoms with Crippen molar-refractivity contribution >= 4 is 17.6 Å². The summed E-state index contributed by atoms with van der Waals surface area (Å²) < 4.78 is 19.9. The molecule has 0 bridgehead atoms. The predicted molar refractivity (Wildman–Crippen MR) is 96.8 cm³/mol. The van der Waals surface area contributed by atoms with Crippen molar-refractivity contribution in [3.63, 3.8) is 0 Å². The molecular weight excluding hydrogens is 353 g/mol. The molecule has 1 fully saturated rings. The number of halogens is 1. The highest BCUT2D eigenvalue weighted by Gasteiger charge is 2.34. The molecule has 3 rings (SSSR count). The zero-order valence-corrected chi connectivity index (χ0v) is 15.3. The minimum atomic E-state index is -1.11. The van der Waals surface area contributed by atoms with Crippen LogP contribution in [-0.4, -0.2) is 46.7 Å². The second-order valence-corrected chi connectivity index (χ2v) is 6.81. The highest BCUT2D eigenvalue weighted by atomic mass is 19.1. The number of pyridine rings is 1. The lowest BCUT2D eigenvalue weighted by Crippen LogP contribution is -2.45. The molecule has 0 spiro atoms. The van der Waals surface area contributed by atoms with Crippen molar-refractivity contribution in [3.8, 4) is 5.88 Å². The van der Waals surface area contributed by atoms with Crippen LogP contribution < -0.4 is 10.1 Å². The summed E-state index contributed by atoms with van der Waals surface area (Å²) in [6.45, 7) is 0.367. The van der Waals surface area contributed by atoms with Crippen LogP contribution in [0.3, 0.4) is 0 Å². The molecule has 8 heteroatoms. The molecule has 1 unspecified atom stereocenters. The van der Waals surface area contributed by atoms with Crippen molar-refractivity contribution in [1.29, 1.82) is 0 Å². The quantitative estimate of drug-likeness (QED) is 0.823. The van der Waals surface area contributed by atoms with Crippen molar-refractivity contribution in [2.45, 2.75) is 51.1 Å². The largest absolute Gasteiger partial charge is 0.481 e. The maximum absolute atomic E-state index is 14.6. The van der Waals surface area contributed by atoms with Crippen LogP contribution >= 0.6 is 0 Å². The topological polar surface area (TPSA) is 91.8 Å². The van der Waals surface area contributed by atoms with E-state index in [1.54, 1.807) is 0 Å². The molecule has 146 valence electrons. The summed E-state index contributed by atoms with van der Waals surface area (Å²) >= 11 is 0. The van der Waals surface area contributed by atoms with E-state index in [0.717, 1.165) is 36.2 Å². The first-order valence-corrected chi connectivity index (χ1v) is 9.21. The first-order chi connectivity index (χ1) is 13.0. The summed E-state index contributed by atoms with van der Waals surface area (Å²) in [6, 6.07) is 0.624. The molecule has 1 saturated heterocycles. The Kier molecular flexibility index (Phi) is 5.93. The summed E-state index contributed by atoms with van der Waals surface area (Å²) in [5, 5.41) is 11.8. The van der Waals surface area contributed by atoms with Crippen LogP contribution in [0.15, 0.2) is 12.1 Å². The van der Waals surface area contributed by atoms with E-state index in [1.165, 1.54) is 13.2 Å². The highest BCUT2D eigenvalue weighted by molar-refractivity contribution is 5.85. The molecule has 0 saturated carbocycles. The van der Waals surface area contributed by atoms with Crippen LogP contribution in [0, 0.1) is 5.82 Å². The van der Waals surface area contributed by atoms with E-state index in [1.807, 2.05) is 6.08 Å². The van der Waals surface area contributed by atoms with Crippen LogP contribution in [0.1, 0.15) is 49.8 Å². The van der Waals surface area contributed by atoms with Gasteiger partial charge in [-0.2, -0.15) is 0 Å². The van der Waals surface area contributed by atoms with Crippen LogP contribution in [-0.2, 0) is 11.3 Å². The number of nitrogens with one attached hydrogen (secondary N) is 1. The van der Waals surface area contributed by atoms with Gasteiger partial charge >= 0.3 is 6.09 Å². The normalized spacial score (nSPS) is 19.6. The van der Waals surface area contributed by atoms with E-state index in [9.17, 15) is 14.0 Å². The number of rotatable bonds is 5. The summed E-state index contributed by atoms with van der Waals surface area (Å²) in [5.41, 5.74) is 1.61. The Labute approximate surface area is 157 Å². The van der Waals surface area contributed by atoms with Crippen LogP contribution in [0.5, 0.6) is 5.88 Å². The molecule has 1 atom stereocenters. The Morgan fingerprint density at radius 3 is 2.89 bits per heavy atom. The smallest absolute Gasteiger partial charge is 0.407 e. The van der Waals surface area contributed by atoms with E-state index in [2.05, 4.69) is 10.3 Å². The minimum absolute atomic E-state index is 0.0230. The van der Waals surface area contributed by atoms with Crippen molar-refractivity contribution in [2.24, 2.45) is 0 Å². The minimum Gasteiger partial charge on any atom is -0.481 e. The molecule has 1 aliphatic heterocycles. The van der Waals surface area contributed by atoms with Gasteiger partial charge in [0.15, 0.2) is 0 Å². The molecule has 7 nitrogen and oxygen atoms in total. The molecule has 2 N–H and O–H groups in total.